The normalized spacial score (nSPS) is 12.1. The summed E-state index contributed by atoms with van der Waals surface area (Å²) < 4.78 is 38.7. The van der Waals surface area contributed by atoms with Crippen molar-refractivity contribution in [1.29, 1.82) is 5.26 Å². The van der Waals surface area contributed by atoms with Crippen molar-refractivity contribution in [2.24, 2.45) is 0 Å². The predicted molar refractivity (Wildman–Crippen MR) is 99.5 cm³/mol. The first-order valence-corrected chi connectivity index (χ1v) is 8.40. The quantitative estimate of drug-likeness (QED) is 0.287. The van der Waals surface area contributed by atoms with Crippen LogP contribution in [0.15, 0.2) is 54.1 Å². The Bertz CT molecular complexity index is 931. The highest BCUT2D eigenvalue weighted by atomic mass is 19.3. The van der Waals surface area contributed by atoms with Gasteiger partial charge in [0.15, 0.2) is 6.10 Å². The highest BCUT2D eigenvalue weighted by Gasteiger charge is 2.22. The van der Waals surface area contributed by atoms with E-state index in [-0.39, 0.29) is 16.9 Å². The smallest absolute Gasteiger partial charge is 0.387 e. The maximum atomic E-state index is 12.4. The lowest BCUT2D eigenvalue weighted by Crippen LogP contribution is -2.25. The molecule has 0 fully saturated rings. The lowest BCUT2D eigenvalue weighted by Gasteiger charge is -2.12. The van der Waals surface area contributed by atoms with Gasteiger partial charge in [-0.05, 0) is 55.0 Å². The van der Waals surface area contributed by atoms with E-state index in [4.69, 9.17) is 9.47 Å². The zero-order chi connectivity index (χ0) is 21.4. The molecule has 1 unspecified atom stereocenters. The minimum absolute atomic E-state index is 0.101. The molecule has 29 heavy (non-hydrogen) atoms. The van der Waals surface area contributed by atoms with Crippen LogP contribution in [-0.2, 0) is 9.53 Å². The third kappa shape index (κ3) is 6.14. The van der Waals surface area contributed by atoms with E-state index in [1.807, 2.05) is 0 Å². The van der Waals surface area contributed by atoms with E-state index < -0.39 is 24.5 Å². The van der Waals surface area contributed by atoms with Crippen LogP contribution >= 0.6 is 0 Å². The summed E-state index contributed by atoms with van der Waals surface area (Å²) in [5.41, 5.74) is 0.438. The molecular formula is C21H17F2NO5. The van der Waals surface area contributed by atoms with E-state index in [0.29, 0.717) is 11.3 Å². The standard InChI is InChI=1S/C21H17F2NO5/c1-13(19(25)15-5-9-18(10-6-15)29-21(22)23)28-20(26)16(12-24)11-14-3-7-17(27-2)8-4-14/h3-11,13,21H,1-2H3. The Kier molecular flexibility index (Phi) is 7.43. The zero-order valence-electron chi connectivity index (χ0n) is 15.6. The van der Waals surface area contributed by atoms with Crippen molar-refractivity contribution in [3.05, 3.63) is 65.2 Å². The number of benzene rings is 2. The molecule has 0 N–H and O–H groups in total. The van der Waals surface area contributed by atoms with Gasteiger partial charge in [-0.25, -0.2) is 4.79 Å². The number of rotatable bonds is 8. The summed E-state index contributed by atoms with van der Waals surface area (Å²) in [5, 5.41) is 9.23. The van der Waals surface area contributed by atoms with Gasteiger partial charge in [-0.3, -0.25) is 4.79 Å². The number of esters is 1. The zero-order valence-corrected chi connectivity index (χ0v) is 15.6. The molecule has 2 aromatic carbocycles. The van der Waals surface area contributed by atoms with Crippen LogP contribution in [0, 0.1) is 11.3 Å². The first kappa shape index (κ1) is 21.6. The lowest BCUT2D eigenvalue weighted by atomic mass is 10.1. The summed E-state index contributed by atoms with van der Waals surface area (Å²) in [6, 6.07) is 13.4. The van der Waals surface area contributed by atoms with Crippen LogP contribution in [0.5, 0.6) is 11.5 Å². The molecule has 6 nitrogen and oxygen atoms in total. The van der Waals surface area contributed by atoms with Gasteiger partial charge in [0.25, 0.3) is 0 Å². The van der Waals surface area contributed by atoms with Gasteiger partial charge in [-0.2, -0.15) is 14.0 Å². The van der Waals surface area contributed by atoms with Crippen molar-refractivity contribution >= 4 is 17.8 Å². The van der Waals surface area contributed by atoms with E-state index in [9.17, 15) is 23.6 Å². The van der Waals surface area contributed by atoms with Gasteiger partial charge < -0.3 is 14.2 Å². The molecule has 2 aromatic rings. The van der Waals surface area contributed by atoms with Crippen LogP contribution in [0.3, 0.4) is 0 Å². The second-order valence-electron chi connectivity index (χ2n) is 5.76. The lowest BCUT2D eigenvalue weighted by molar-refractivity contribution is -0.141. The maximum Gasteiger partial charge on any atom is 0.387 e. The van der Waals surface area contributed by atoms with Crippen LogP contribution in [0.2, 0.25) is 0 Å². The van der Waals surface area contributed by atoms with Crippen LogP contribution in [0.4, 0.5) is 8.78 Å². The number of halogens is 2. The molecular weight excluding hydrogens is 384 g/mol. The van der Waals surface area contributed by atoms with Gasteiger partial charge in [0, 0.05) is 5.56 Å². The van der Waals surface area contributed by atoms with Gasteiger partial charge in [0.1, 0.15) is 23.1 Å². The Labute approximate surface area is 165 Å². The molecule has 0 amide bonds. The van der Waals surface area contributed by atoms with E-state index in [2.05, 4.69) is 4.74 Å². The molecule has 0 radical (unpaired) electrons. The molecule has 0 aromatic heterocycles. The van der Waals surface area contributed by atoms with Crippen LogP contribution in [-0.4, -0.2) is 31.6 Å². The van der Waals surface area contributed by atoms with Gasteiger partial charge in [0.2, 0.25) is 5.78 Å². The Hall–Kier alpha value is -3.73. The fraction of sp³-hybridized carbons (Fsp3) is 0.190. The molecule has 0 heterocycles. The third-order valence-corrected chi connectivity index (χ3v) is 3.78. The van der Waals surface area contributed by atoms with Crippen molar-refractivity contribution in [1.82, 2.24) is 0 Å². The highest BCUT2D eigenvalue weighted by Crippen LogP contribution is 2.18. The van der Waals surface area contributed by atoms with Crippen LogP contribution < -0.4 is 9.47 Å². The number of nitrogens with zero attached hydrogens (tertiary/aromatic N) is 1. The summed E-state index contributed by atoms with van der Waals surface area (Å²) in [6.07, 6.45) is 0.145. The molecule has 0 saturated heterocycles. The molecule has 0 spiro atoms. The summed E-state index contributed by atoms with van der Waals surface area (Å²) in [7, 11) is 1.51. The van der Waals surface area contributed by atoms with Gasteiger partial charge in [-0.1, -0.05) is 12.1 Å². The van der Waals surface area contributed by atoms with Crippen LogP contribution in [0.1, 0.15) is 22.8 Å². The average molecular weight is 401 g/mol. The first-order valence-electron chi connectivity index (χ1n) is 8.40. The maximum absolute atomic E-state index is 12.4. The predicted octanol–water partition coefficient (Wildman–Crippen LogP) is 4.02. The molecule has 0 bridgehead atoms. The second-order valence-corrected chi connectivity index (χ2v) is 5.76. The number of hydrogen-bond acceptors (Lipinski definition) is 6. The minimum atomic E-state index is -2.97. The highest BCUT2D eigenvalue weighted by molar-refractivity contribution is 6.03. The number of Topliss-reactive ketones (excluding diaryl/α,β-unsaturated/α-hetero) is 1. The van der Waals surface area contributed by atoms with Crippen molar-refractivity contribution in [3.8, 4) is 17.6 Å². The number of methoxy groups -OCH3 is 1. The van der Waals surface area contributed by atoms with Gasteiger partial charge >= 0.3 is 12.6 Å². The van der Waals surface area contributed by atoms with Crippen molar-refractivity contribution in [2.75, 3.05) is 7.11 Å². The van der Waals surface area contributed by atoms with Crippen molar-refractivity contribution in [3.63, 3.8) is 0 Å². The fourth-order valence-corrected chi connectivity index (χ4v) is 2.32. The number of ether oxygens (including phenoxy) is 3. The number of carbonyl (C=O) groups is 2. The first-order chi connectivity index (χ1) is 13.8. The largest absolute Gasteiger partial charge is 0.497 e. The molecule has 0 aliphatic rings. The Morgan fingerprint density at radius 2 is 1.62 bits per heavy atom. The number of carbonyl (C=O) groups excluding carboxylic acids is 2. The summed E-state index contributed by atoms with van der Waals surface area (Å²) in [6.45, 7) is -1.62. The second kappa shape index (κ2) is 9.99. The molecule has 150 valence electrons. The molecule has 2 rings (SSSR count). The Balaban J connectivity index is 2.06. The molecule has 8 heteroatoms. The third-order valence-electron chi connectivity index (χ3n) is 3.78. The fourth-order valence-electron chi connectivity index (χ4n) is 2.32. The number of alkyl halides is 2. The van der Waals surface area contributed by atoms with Crippen molar-refractivity contribution < 1.29 is 32.6 Å². The topological polar surface area (TPSA) is 85.6 Å². The number of nitriles is 1. The van der Waals surface area contributed by atoms with E-state index >= 15 is 0 Å². The SMILES string of the molecule is COc1ccc(C=C(C#N)C(=O)OC(C)C(=O)c2ccc(OC(F)F)cc2)cc1. The Morgan fingerprint density at radius 1 is 1.03 bits per heavy atom. The molecule has 1 atom stereocenters. The molecule has 0 aliphatic heterocycles. The van der Waals surface area contributed by atoms with Gasteiger partial charge in [0.05, 0.1) is 7.11 Å². The molecule has 0 aliphatic carbocycles. The van der Waals surface area contributed by atoms with Crippen LogP contribution in [0.25, 0.3) is 6.08 Å². The monoisotopic (exact) mass is 401 g/mol. The van der Waals surface area contributed by atoms with Crippen molar-refractivity contribution in [2.45, 2.75) is 19.6 Å². The van der Waals surface area contributed by atoms with E-state index in [1.54, 1.807) is 30.3 Å². The minimum Gasteiger partial charge on any atom is -0.497 e. The summed E-state index contributed by atoms with van der Waals surface area (Å²) >= 11 is 0. The summed E-state index contributed by atoms with van der Waals surface area (Å²) in [4.78, 5) is 24.6. The average Bonchev–Trinajstić information content (AvgIpc) is 2.71. The van der Waals surface area contributed by atoms with E-state index in [0.717, 1.165) is 0 Å². The number of hydrogen-bond donors (Lipinski definition) is 0. The van der Waals surface area contributed by atoms with Gasteiger partial charge in [-0.15, -0.1) is 0 Å². The molecule has 0 saturated carbocycles. The summed E-state index contributed by atoms with van der Waals surface area (Å²) in [5.74, 6) is -0.992. The van der Waals surface area contributed by atoms with E-state index in [1.165, 1.54) is 44.4 Å². The number of ketones is 1. The Morgan fingerprint density at radius 3 is 2.14 bits per heavy atom.